The molecule has 0 saturated carbocycles. The molecule has 2 saturated heterocycles. The minimum Gasteiger partial charge on any atom is -0.356 e. The number of likely N-dealkylation sites (tertiary alicyclic amines) is 1. The minimum absolute atomic E-state index is 0. The Balaban J connectivity index is 0.00000264. The van der Waals surface area contributed by atoms with Crippen molar-refractivity contribution >= 4 is 39.8 Å². The molecule has 136 valence electrons. The molecule has 2 fully saturated rings. The summed E-state index contributed by atoms with van der Waals surface area (Å²) in [5, 5.41) is 3.41. The Bertz CT molecular complexity index is 505. The average molecular weight is 457 g/mol. The van der Waals surface area contributed by atoms with Gasteiger partial charge in [-0.25, -0.2) is 8.42 Å². The molecule has 2 heterocycles. The van der Waals surface area contributed by atoms with E-state index in [2.05, 4.69) is 29.1 Å². The van der Waals surface area contributed by atoms with E-state index in [0.29, 0.717) is 23.5 Å². The van der Waals surface area contributed by atoms with Crippen LogP contribution in [0.5, 0.6) is 0 Å². The molecule has 7 heteroatoms. The Morgan fingerprint density at radius 2 is 2.17 bits per heavy atom. The smallest absolute Gasteiger partial charge is 0.193 e. The van der Waals surface area contributed by atoms with E-state index < -0.39 is 9.84 Å². The number of aliphatic imine (C=N–C) groups is 1. The van der Waals surface area contributed by atoms with Crippen molar-refractivity contribution in [3.8, 4) is 0 Å². The zero-order valence-corrected chi connectivity index (χ0v) is 17.8. The number of hydrogen-bond donors (Lipinski definition) is 1. The van der Waals surface area contributed by atoms with Gasteiger partial charge in [0.1, 0.15) is 0 Å². The summed E-state index contributed by atoms with van der Waals surface area (Å²) in [5.41, 5.74) is 0.376. The van der Waals surface area contributed by atoms with Gasteiger partial charge in [0.05, 0.1) is 11.5 Å². The number of sulfone groups is 1. The zero-order valence-electron chi connectivity index (χ0n) is 14.7. The van der Waals surface area contributed by atoms with E-state index in [1.807, 2.05) is 7.05 Å². The van der Waals surface area contributed by atoms with Crippen molar-refractivity contribution in [2.24, 2.45) is 16.3 Å². The maximum Gasteiger partial charge on any atom is 0.193 e. The van der Waals surface area contributed by atoms with Crippen molar-refractivity contribution in [2.45, 2.75) is 46.0 Å². The molecule has 0 aromatic rings. The number of nitrogens with one attached hydrogen (secondary N) is 1. The molecule has 0 aromatic heterocycles. The van der Waals surface area contributed by atoms with Crippen LogP contribution in [-0.4, -0.2) is 57.5 Å². The number of guanidine groups is 1. The molecule has 2 aliphatic rings. The van der Waals surface area contributed by atoms with E-state index in [4.69, 9.17) is 0 Å². The predicted molar refractivity (Wildman–Crippen MR) is 107 cm³/mol. The monoisotopic (exact) mass is 457 g/mol. The van der Waals surface area contributed by atoms with Crippen LogP contribution in [0.2, 0.25) is 0 Å². The molecule has 5 nitrogen and oxygen atoms in total. The van der Waals surface area contributed by atoms with Gasteiger partial charge >= 0.3 is 0 Å². The van der Waals surface area contributed by atoms with Gasteiger partial charge in [-0.05, 0) is 37.0 Å². The third-order valence-electron chi connectivity index (χ3n) is 5.02. The fourth-order valence-electron chi connectivity index (χ4n) is 3.90. The van der Waals surface area contributed by atoms with E-state index in [1.54, 1.807) is 0 Å². The lowest BCUT2D eigenvalue weighted by molar-refractivity contribution is 0.142. The summed E-state index contributed by atoms with van der Waals surface area (Å²) in [5.74, 6) is 1.83. The highest BCUT2D eigenvalue weighted by atomic mass is 127. The first-order valence-corrected chi connectivity index (χ1v) is 10.4. The lowest BCUT2D eigenvalue weighted by Gasteiger charge is -2.42. The molecule has 2 unspecified atom stereocenters. The number of nitrogens with zero attached hydrogens (tertiary/aromatic N) is 2. The predicted octanol–water partition coefficient (Wildman–Crippen LogP) is 2.52. The first-order valence-electron chi connectivity index (χ1n) is 8.53. The van der Waals surface area contributed by atoms with Crippen molar-refractivity contribution < 1.29 is 8.42 Å². The maximum absolute atomic E-state index is 11.5. The number of hydrogen-bond acceptors (Lipinski definition) is 3. The molecule has 0 aliphatic carbocycles. The summed E-state index contributed by atoms with van der Waals surface area (Å²) in [4.78, 5) is 6.77. The Kier molecular flexibility index (Phi) is 8.10. The van der Waals surface area contributed by atoms with Crippen molar-refractivity contribution in [3.05, 3.63) is 0 Å². The zero-order chi connectivity index (χ0) is 16.2. The van der Waals surface area contributed by atoms with Gasteiger partial charge in [-0.15, -0.1) is 24.0 Å². The van der Waals surface area contributed by atoms with Gasteiger partial charge in [0, 0.05) is 26.7 Å². The molecule has 2 atom stereocenters. The summed E-state index contributed by atoms with van der Waals surface area (Å²) in [6.45, 7) is 7.43. The molecule has 23 heavy (non-hydrogen) atoms. The van der Waals surface area contributed by atoms with Crippen LogP contribution < -0.4 is 5.32 Å². The molecule has 0 amide bonds. The highest BCUT2D eigenvalue weighted by Gasteiger charge is 2.32. The van der Waals surface area contributed by atoms with Crippen LogP contribution in [0.4, 0.5) is 0 Å². The first-order chi connectivity index (χ1) is 10.4. The van der Waals surface area contributed by atoms with Gasteiger partial charge in [-0.3, -0.25) is 4.99 Å². The highest BCUT2D eigenvalue weighted by Crippen LogP contribution is 2.33. The van der Waals surface area contributed by atoms with Gasteiger partial charge in [0.2, 0.25) is 0 Å². The molecule has 2 aliphatic heterocycles. The average Bonchev–Trinajstić information content (AvgIpc) is 2.79. The molecule has 0 spiro atoms. The van der Waals surface area contributed by atoms with E-state index in [-0.39, 0.29) is 29.9 Å². The fourth-order valence-corrected chi connectivity index (χ4v) is 5.77. The second-order valence-electron chi connectivity index (χ2n) is 7.28. The highest BCUT2D eigenvalue weighted by molar-refractivity contribution is 14.0. The van der Waals surface area contributed by atoms with Gasteiger partial charge < -0.3 is 10.2 Å². The Morgan fingerprint density at radius 3 is 2.74 bits per heavy atom. The Morgan fingerprint density at radius 1 is 1.43 bits per heavy atom. The van der Waals surface area contributed by atoms with Gasteiger partial charge in [-0.1, -0.05) is 20.3 Å². The van der Waals surface area contributed by atoms with E-state index in [0.717, 1.165) is 25.5 Å². The number of rotatable bonds is 4. The van der Waals surface area contributed by atoms with Crippen molar-refractivity contribution in [2.75, 3.05) is 38.2 Å². The molecule has 0 aromatic carbocycles. The second kappa shape index (κ2) is 8.87. The maximum atomic E-state index is 11.5. The summed E-state index contributed by atoms with van der Waals surface area (Å²) >= 11 is 0. The van der Waals surface area contributed by atoms with Crippen LogP contribution in [0.25, 0.3) is 0 Å². The van der Waals surface area contributed by atoms with Crippen LogP contribution in [0.1, 0.15) is 46.0 Å². The minimum atomic E-state index is -2.79. The molecular formula is C16H32IN3O2S. The van der Waals surface area contributed by atoms with Crippen molar-refractivity contribution in [3.63, 3.8) is 0 Å². The normalized spacial score (nSPS) is 30.8. The molecule has 1 N–H and O–H groups in total. The molecule has 2 rings (SSSR count). The summed E-state index contributed by atoms with van der Waals surface area (Å²) in [7, 11) is -0.975. The van der Waals surface area contributed by atoms with Gasteiger partial charge in [0.25, 0.3) is 0 Å². The topological polar surface area (TPSA) is 61.8 Å². The molecule has 0 radical (unpaired) electrons. The van der Waals surface area contributed by atoms with E-state index >= 15 is 0 Å². The summed E-state index contributed by atoms with van der Waals surface area (Å²) < 4.78 is 23.1. The van der Waals surface area contributed by atoms with Crippen LogP contribution in [0.3, 0.4) is 0 Å². The Hall–Kier alpha value is -0.0500. The summed E-state index contributed by atoms with van der Waals surface area (Å²) in [6.07, 6.45) is 5.74. The lowest BCUT2D eigenvalue weighted by atomic mass is 9.78. The third kappa shape index (κ3) is 6.07. The Labute approximate surface area is 158 Å². The standard InChI is InChI=1S/C16H31N3O2S.HI/c1-4-7-16(2)8-5-9-19(13-16)15(17-3)18-11-14-6-10-22(20,21)12-14;/h14H,4-13H2,1-3H3,(H,17,18);1H. The van der Waals surface area contributed by atoms with Crippen LogP contribution in [-0.2, 0) is 9.84 Å². The van der Waals surface area contributed by atoms with E-state index in [1.165, 1.54) is 25.7 Å². The largest absolute Gasteiger partial charge is 0.356 e. The molecule has 0 bridgehead atoms. The summed E-state index contributed by atoms with van der Waals surface area (Å²) in [6, 6.07) is 0. The number of piperidine rings is 1. The SMILES string of the molecule is CCCC1(C)CCCN(C(=NC)NCC2CCS(=O)(=O)C2)C1.I. The fraction of sp³-hybridized carbons (Fsp3) is 0.938. The third-order valence-corrected chi connectivity index (χ3v) is 6.86. The lowest BCUT2D eigenvalue weighted by Crippen LogP contribution is -2.50. The number of halogens is 1. The quantitative estimate of drug-likeness (QED) is 0.401. The second-order valence-corrected chi connectivity index (χ2v) is 9.51. The van der Waals surface area contributed by atoms with Crippen molar-refractivity contribution in [1.82, 2.24) is 10.2 Å². The van der Waals surface area contributed by atoms with Crippen LogP contribution >= 0.6 is 24.0 Å². The molecular weight excluding hydrogens is 425 g/mol. The van der Waals surface area contributed by atoms with Gasteiger partial charge in [-0.2, -0.15) is 0 Å². The van der Waals surface area contributed by atoms with Crippen LogP contribution in [0.15, 0.2) is 4.99 Å². The van der Waals surface area contributed by atoms with E-state index in [9.17, 15) is 8.42 Å². The first kappa shape index (κ1) is 21.0. The van der Waals surface area contributed by atoms with Gasteiger partial charge in [0.15, 0.2) is 15.8 Å². The van der Waals surface area contributed by atoms with Crippen LogP contribution in [0, 0.1) is 11.3 Å². The van der Waals surface area contributed by atoms with Crippen molar-refractivity contribution in [1.29, 1.82) is 0 Å².